The number of hydrogen-bond acceptors (Lipinski definition) is 16. The van der Waals surface area contributed by atoms with Crippen LogP contribution in [-0.4, -0.2) is 133 Å². The highest BCUT2D eigenvalue weighted by molar-refractivity contribution is 7.60. The molecule has 24 heteroatoms. The maximum atomic E-state index is 11.7. The third-order valence-electron chi connectivity index (χ3n) is 4.49. The number of carboxylic acids is 1. The van der Waals surface area contributed by atoms with Crippen molar-refractivity contribution in [2.45, 2.75) is 55.9 Å². The lowest BCUT2D eigenvalue weighted by molar-refractivity contribution is -0.136. The highest BCUT2D eigenvalue weighted by Gasteiger charge is 2.45. The average molecular weight is 644 g/mol. The van der Waals surface area contributed by atoms with E-state index >= 15 is 0 Å². The summed E-state index contributed by atoms with van der Waals surface area (Å²) in [7, 11) is -10.5. The van der Waals surface area contributed by atoms with E-state index in [9.17, 15) is 33.7 Å². The summed E-state index contributed by atoms with van der Waals surface area (Å²) >= 11 is 0. The van der Waals surface area contributed by atoms with E-state index in [1.807, 2.05) is 4.98 Å². The van der Waals surface area contributed by atoms with Gasteiger partial charge < -0.3 is 65.1 Å². The Bertz CT molecular complexity index is 1180. The molecule has 12 N–H and O–H groups in total. The molecule has 0 bridgehead atoms. The summed E-state index contributed by atoms with van der Waals surface area (Å²) in [6, 6.07) is 0.962. The SMILES string of the molecule is CC(=O)O.O=CC(O)C(O)C(O)C(O)CO.O=c1ccn([C@@H]2O[C@H](COP(=O)(O)OP(=O)(O)O)[C@@H](O)[C@H]2O)c(=O)[nH]1. The van der Waals surface area contributed by atoms with E-state index in [4.69, 9.17) is 54.9 Å². The van der Waals surface area contributed by atoms with Crippen molar-refractivity contribution < 1.29 is 87.8 Å². The molecular formula is C17H30N2O20P2. The van der Waals surface area contributed by atoms with Crippen LogP contribution in [0.5, 0.6) is 0 Å². The van der Waals surface area contributed by atoms with E-state index < -0.39 is 95.0 Å². The zero-order valence-electron chi connectivity index (χ0n) is 20.7. The first-order valence-electron chi connectivity index (χ1n) is 10.7. The molecular weight excluding hydrogens is 614 g/mol. The molecule has 0 radical (unpaired) electrons. The number of phosphoric ester groups is 1. The Morgan fingerprint density at radius 3 is 2.10 bits per heavy atom. The van der Waals surface area contributed by atoms with E-state index in [0.29, 0.717) is 0 Å². The number of carboxylic acid groups (broad SMARTS) is 1. The van der Waals surface area contributed by atoms with Gasteiger partial charge in [-0.2, -0.15) is 4.31 Å². The molecule has 22 nitrogen and oxygen atoms in total. The number of aliphatic carboxylic acids is 1. The number of rotatable bonds is 11. The number of aliphatic hydroxyl groups excluding tert-OH is 7. The van der Waals surface area contributed by atoms with Gasteiger partial charge in [-0.15, -0.1) is 0 Å². The number of carbonyl (C=O) groups excluding carboxylic acids is 1. The summed E-state index contributed by atoms with van der Waals surface area (Å²) in [4.78, 5) is 69.6. The number of carbonyl (C=O) groups is 2. The van der Waals surface area contributed by atoms with E-state index in [1.165, 1.54) is 0 Å². The van der Waals surface area contributed by atoms with Crippen molar-refractivity contribution in [3.8, 4) is 0 Å². The molecule has 2 heterocycles. The Hall–Kier alpha value is -2.24. The standard InChI is InChI=1S/C9H14N2O12P2.C6H12O6.C2H4O2/c12-5-1-2-11(9(15)10-5)8-7(14)6(13)4(22-8)3-21-25(19,20)23-24(16,17)18;7-1-3(9)5(11)6(12)4(10)2-8;1-2(3)4/h1-2,4,6-8,13-14H,3H2,(H,19,20)(H,10,12,15)(H2,16,17,18);1,3-6,8-12H,2H2;1H3,(H,3,4)/t4-,6-,7-,8-;;/m1../s1. The molecule has 1 aromatic heterocycles. The monoisotopic (exact) mass is 644 g/mol. The van der Waals surface area contributed by atoms with Gasteiger partial charge in [0.05, 0.1) is 13.2 Å². The van der Waals surface area contributed by atoms with Crippen LogP contribution in [0.4, 0.5) is 0 Å². The Labute approximate surface area is 228 Å². The fourth-order valence-corrected chi connectivity index (χ4v) is 4.27. The van der Waals surface area contributed by atoms with Crippen molar-refractivity contribution in [2.24, 2.45) is 0 Å². The second-order valence-corrected chi connectivity index (χ2v) is 10.6. The van der Waals surface area contributed by atoms with E-state index in [1.54, 1.807) is 0 Å². The van der Waals surface area contributed by atoms with Gasteiger partial charge in [-0.25, -0.2) is 13.9 Å². The van der Waals surface area contributed by atoms with Crippen LogP contribution >= 0.6 is 15.6 Å². The number of ether oxygens (including phenoxy) is 1. The topological polar surface area (TPSA) is 373 Å². The number of aromatic nitrogens is 2. The van der Waals surface area contributed by atoms with E-state index in [-0.39, 0.29) is 6.29 Å². The minimum atomic E-state index is -5.32. The lowest BCUT2D eigenvalue weighted by Gasteiger charge is -2.22. The zero-order chi connectivity index (χ0) is 32.3. The lowest BCUT2D eigenvalue weighted by atomic mass is 10.0. The third-order valence-corrected chi connectivity index (χ3v) is 6.65. The van der Waals surface area contributed by atoms with Crippen molar-refractivity contribution in [1.82, 2.24) is 9.55 Å². The molecule has 238 valence electrons. The Balaban J connectivity index is 0.000000834. The van der Waals surface area contributed by atoms with Gasteiger partial charge in [-0.05, 0) is 0 Å². The Kier molecular flexibility index (Phi) is 16.1. The number of H-pyrrole nitrogens is 1. The van der Waals surface area contributed by atoms with Crippen LogP contribution in [0.2, 0.25) is 0 Å². The summed E-state index contributed by atoms with van der Waals surface area (Å²) < 4.78 is 35.6. The van der Waals surface area contributed by atoms with E-state index in [2.05, 4.69) is 8.83 Å². The summed E-state index contributed by atoms with van der Waals surface area (Å²) in [5.41, 5.74) is -1.65. The number of nitrogens with one attached hydrogen (secondary N) is 1. The molecule has 1 aliphatic heterocycles. The molecule has 9 atom stereocenters. The van der Waals surface area contributed by atoms with Gasteiger partial charge in [0, 0.05) is 19.2 Å². The van der Waals surface area contributed by atoms with Crippen molar-refractivity contribution in [3.63, 3.8) is 0 Å². The summed E-state index contributed by atoms with van der Waals surface area (Å²) in [6.07, 6.45) is -12.1. The molecule has 1 saturated heterocycles. The van der Waals surface area contributed by atoms with Gasteiger partial charge in [0.25, 0.3) is 11.5 Å². The molecule has 41 heavy (non-hydrogen) atoms. The molecule has 0 aliphatic carbocycles. The smallest absolute Gasteiger partial charge is 0.481 e. The van der Waals surface area contributed by atoms with Gasteiger partial charge >= 0.3 is 21.3 Å². The number of aldehydes is 1. The number of nitrogens with zero attached hydrogens (tertiary/aromatic N) is 1. The Morgan fingerprint density at radius 1 is 1.12 bits per heavy atom. The normalized spacial score (nSPS) is 24.8. The van der Waals surface area contributed by atoms with Crippen LogP contribution < -0.4 is 11.2 Å². The third kappa shape index (κ3) is 14.0. The van der Waals surface area contributed by atoms with Crippen LogP contribution in [0.25, 0.3) is 0 Å². The molecule has 0 saturated carbocycles. The Morgan fingerprint density at radius 2 is 1.66 bits per heavy atom. The maximum absolute atomic E-state index is 11.7. The first kappa shape index (κ1) is 38.8. The fraction of sp³-hybridized carbons (Fsp3) is 0.647. The number of aliphatic hydroxyl groups is 7. The van der Waals surface area contributed by atoms with Crippen LogP contribution in [0, 0.1) is 0 Å². The molecule has 1 aliphatic rings. The second kappa shape index (κ2) is 17.0. The second-order valence-electron chi connectivity index (χ2n) is 7.78. The van der Waals surface area contributed by atoms with Crippen LogP contribution in [0.1, 0.15) is 13.2 Å². The summed E-state index contributed by atoms with van der Waals surface area (Å²) in [5, 5.41) is 70.7. The number of phosphoric acid groups is 2. The highest BCUT2D eigenvalue weighted by Crippen LogP contribution is 2.57. The molecule has 0 aromatic carbocycles. The molecule has 5 unspecified atom stereocenters. The van der Waals surface area contributed by atoms with Gasteiger partial charge in [-0.1, -0.05) is 0 Å². The van der Waals surface area contributed by atoms with Crippen molar-refractivity contribution in [1.29, 1.82) is 0 Å². The predicted octanol–water partition coefficient (Wildman–Crippen LogP) is -5.91. The summed E-state index contributed by atoms with van der Waals surface area (Å²) in [6.45, 7) is -0.579. The van der Waals surface area contributed by atoms with Gasteiger partial charge in [-0.3, -0.25) is 23.7 Å². The van der Waals surface area contributed by atoms with Gasteiger partial charge in [0.1, 0.15) is 42.7 Å². The van der Waals surface area contributed by atoms with Crippen LogP contribution in [-0.2, 0) is 32.3 Å². The van der Waals surface area contributed by atoms with Crippen LogP contribution in [0.3, 0.4) is 0 Å². The summed E-state index contributed by atoms with van der Waals surface area (Å²) in [5.74, 6) is -0.833. The quantitative estimate of drug-likeness (QED) is 0.0787. The molecule has 0 amide bonds. The predicted molar refractivity (Wildman–Crippen MR) is 127 cm³/mol. The lowest BCUT2D eigenvalue weighted by Crippen LogP contribution is -2.46. The molecule has 2 rings (SSSR count). The fourth-order valence-electron chi connectivity index (χ4n) is 2.67. The first-order valence-corrected chi connectivity index (χ1v) is 13.7. The largest absolute Gasteiger partial charge is 0.481 e. The number of aromatic amines is 1. The van der Waals surface area contributed by atoms with Crippen molar-refractivity contribution in [3.05, 3.63) is 33.1 Å². The molecule has 1 aromatic rings. The zero-order valence-corrected chi connectivity index (χ0v) is 22.5. The first-order chi connectivity index (χ1) is 18.7. The molecule has 1 fully saturated rings. The minimum Gasteiger partial charge on any atom is -0.481 e. The maximum Gasteiger partial charge on any atom is 0.481 e. The van der Waals surface area contributed by atoms with Gasteiger partial charge in [0.15, 0.2) is 12.5 Å². The van der Waals surface area contributed by atoms with Crippen molar-refractivity contribution >= 4 is 27.9 Å². The van der Waals surface area contributed by atoms with Crippen LogP contribution in [0.15, 0.2) is 21.9 Å². The molecule has 0 spiro atoms. The van der Waals surface area contributed by atoms with E-state index in [0.717, 1.165) is 23.8 Å². The van der Waals surface area contributed by atoms with Gasteiger partial charge in [0.2, 0.25) is 0 Å². The highest BCUT2D eigenvalue weighted by atomic mass is 31.3. The minimum absolute atomic E-state index is 0.0258. The average Bonchev–Trinajstić information content (AvgIpc) is 3.12. The van der Waals surface area contributed by atoms with Crippen molar-refractivity contribution in [2.75, 3.05) is 13.2 Å². The number of hydrogen-bond donors (Lipinski definition) is 12.